The number of aryl methyl sites for hydroxylation is 1. The van der Waals surface area contributed by atoms with E-state index >= 15 is 0 Å². The Morgan fingerprint density at radius 3 is 2.85 bits per heavy atom. The molecule has 4 rings (SSSR count). The van der Waals surface area contributed by atoms with Gasteiger partial charge in [-0.15, -0.1) is 0 Å². The molecule has 27 heavy (non-hydrogen) atoms. The lowest BCUT2D eigenvalue weighted by molar-refractivity contribution is 0.857. The molecule has 2 N–H and O–H groups in total. The van der Waals surface area contributed by atoms with Gasteiger partial charge in [-0.1, -0.05) is 11.6 Å². The van der Waals surface area contributed by atoms with Gasteiger partial charge < -0.3 is 14.9 Å². The summed E-state index contributed by atoms with van der Waals surface area (Å²) in [5.74, 6) is 0.687. The van der Waals surface area contributed by atoms with Gasteiger partial charge in [0, 0.05) is 40.3 Å². The van der Waals surface area contributed by atoms with Crippen molar-refractivity contribution in [1.82, 2.24) is 19.5 Å². The van der Waals surface area contributed by atoms with Gasteiger partial charge in [-0.05, 0) is 43.3 Å². The lowest BCUT2D eigenvalue weighted by atomic mass is 10.1. The Kier molecular flexibility index (Phi) is 4.41. The number of hydrogen-bond donors (Lipinski definition) is 2. The first-order valence-corrected chi connectivity index (χ1v) is 8.91. The van der Waals surface area contributed by atoms with Crippen LogP contribution >= 0.6 is 11.6 Å². The van der Waals surface area contributed by atoms with Crippen LogP contribution in [-0.2, 0) is 7.05 Å². The third kappa shape index (κ3) is 3.44. The molecule has 0 saturated carbocycles. The third-order valence-corrected chi connectivity index (χ3v) is 4.77. The molecule has 1 atom stereocenters. The van der Waals surface area contributed by atoms with Crippen LogP contribution in [-0.4, -0.2) is 19.5 Å². The zero-order chi connectivity index (χ0) is 19.0. The van der Waals surface area contributed by atoms with Crippen LogP contribution in [0.5, 0.6) is 0 Å². The average molecular weight is 380 g/mol. The molecule has 1 aromatic carbocycles. The molecule has 0 spiro atoms. The Hall–Kier alpha value is -3.12. The number of nitrogens with one attached hydrogen (secondary N) is 2. The molecule has 4 aromatic rings. The van der Waals surface area contributed by atoms with Crippen molar-refractivity contribution >= 4 is 28.3 Å². The van der Waals surface area contributed by atoms with Gasteiger partial charge in [0.1, 0.15) is 5.82 Å². The summed E-state index contributed by atoms with van der Waals surface area (Å²) < 4.78 is 1.94. The Balaban J connectivity index is 1.65. The number of nitrogens with zero attached hydrogens (tertiary/aromatic N) is 3. The minimum absolute atomic E-state index is 0.132. The van der Waals surface area contributed by atoms with Crippen molar-refractivity contribution in [1.29, 1.82) is 0 Å². The molecule has 0 aliphatic carbocycles. The van der Waals surface area contributed by atoms with Gasteiger partial charge in [-0.3, -0.25) is 4.79 Å². The van der Waals surface area contributed by atoms with Gasteiger partial charge in [0.25, 0.3) is 5.56 Å². The van der Waals surface area contributed by atoms with Crippen LogP contribution in [0.4, 0.5) is 5.82 Å². The quantitative estimate of drug-likeness (QED) is 0.558. The van der Waals surface area contributed by atoms with Crippen LogP contribution in [0, 0.1) is 0 Å². The number of fused-ring (bicyclic) bond motifs is 1. The highest BCUT2D eigenvalue weighted by Crippen LogP contribution is 2.24. The second-order valence-electron chi connectivity index (χ2n) is 6.47. The second kappa shape index (κ2) is 6.89. The van der Waals surface area contributed by atoms with E-state index in [1.807, 2.05) is 42.8 Å². The fourth-order valence-corrected chi connectivity index (χ4v) is 3.30. The van der Waals surface area contributed by atoms with Crippen LogP contribution < -0.4 is 10.9 Å². The largest absolute Gasteiger partial charge is 0.363 e. The number of aromatic amines is 1. The van der Waals surface area contributed by atoms with E-state index < -0.39 is 0 Å². The van der Waals surface area contributed by atoms with Crippen LogP contribution in [0.2, 0.25) is 5.02 Å². The molecule has 0 amide bonds. The molecule has 3 heterocycles. The fraction of sp³-hybridized carbons (Fsp3) is 0.150. The summed E-state index contributed by atoms with van der Waals surface area (Å²) in [5, 5.41) is 4.83. The van der Waals surface area contributed by atoms with E-state index in [1.54, 1.807) is 30.9 Å². The topological polar surface area (TPSA) is 75.6 Å². The summed E-state index contributed by atoms with van der Waals surface area (Å²) in [6.07, 6.45) is 5.30. The Morgan fingerprint density at radius 1 is 1.22 bits per heavy atom. The predicted molar refractivity (Wildman–Crippen MR) is 108 cm³/mol. The van der Waals surface area contributed by atoms with E-state index in [9.17, 15) is 4.79 Å². The number of anilines is 1. The van der Waals surface area contributed by atoms with E-state index in [4.69, 9.17) is 11.6 Å². The average Bonchev–Trinajstić information content (AvgIpc) is 3.07. The molecule has 7 heteroatoms. The summed E-state index contributed by atoms with van der Waals surface area (Å²) in [6.45, 7) is 1.93. The monoisotopic (exact) mass is 379 g/mol. The van der Waals surface area contributed by atoms with Crippen molar-refractivity contribution in [2.75, 3.05) is 5.32 Å². The smallest absolute Gasteiger partial charge is 0.253 e. The lowest BCUT2D eigenvalue weighted by Crippen LogP contribution is -2.19. The molecule has 0 bridgehead atoms. The molecular formula is C20H18ClN5O. The minimum Gasteiger partial charge on any atom is -0.363 e. The van der Waals surface area contributed by atoms with Crippen LogP contribution in [0.3, 0.4) is 0 Å². The molecule has 0 aliphatic heterocycles. The summed E-state index contributed by atoms with van der Waals surface area (Å²) in [6, 6.07) is 10.9. The van der Waals surface area contributed by atoms with Crippen molar-refractivity contribution in [3.05, 3.63) is 76.1 Å². The second-order valence-corrected chi connectivity index (χ2v) is 6.91. The molecule has 0 fully saturated rings. The lowest BCUT2D eigenvalue weighted by Gasteiger charge is -2.15. The molecule has 0 aliphatic rings. The standard InChI is InChI=1S/C20H18ClN5O/c1-12(16-8-14-7-15(21)3-4-17(14)25-20(16)27)24-19-9-13(5-6-23-19)18-10-22-11-26(18)2/h3-12H,1-2H3,(H,23,24)(H,25,27)/t12-/m0/s1. The first-order chi connectivity index (χ1) is 13.0. The number of rotatable bonds is 4. The maximum Gasteiger partial charge on any atom is 0.253 e. The molecule has 6 nitrogen and oxygen atoms in total. The van der Waals surface area contributed by atoms with Gasteiger partial charge in [0.05, 0.1) is 24.3 Å². The number of imidazole rings is 1. The van der Waals surface area contributed by atoms with Crippen molar-refractivity contribution in [2.24, 2.45) is 7.05 Å². The molecule has 136 valence electrons. The molecule has 3 aromatic heterocycles. The van der Waals surface area contributed by atoms with Crippen LogP contribution in [0.25, 0.3) is 22.2 Å². The highest BCUT2D eigenvalue weighted by Gasteiger charge is 2.13. The number of halogens is 1. The van der Waals surface area contributed by atoms with E-state index in [0.29, 0.717) is 16.4 Å². The summed E-state index contributed by atoms with van der Waals surface area (Å²) >= 11 is 6.07. The van der Waals surface area contributed by atoms with Gasteiger partial charge in [0.2, 0.25) is 0 Å². The van der Waals surface area contributed by atoms with Gasteiger partial charge in [0.15, 0.2) is 0 Å². The normalized spacial score (nSPS) is 12.3. The highest BCUT2D eigenvalue weighted by molar-refractivity contribution is 6.31. The van der Waals surface area contributed by atoms with Crippen molar-refractivity contribution in [3.8, 4) is 11.3 Å². The Bertz CT molecular complexity index is 1180. The number of benzene rings is 1. The van der Waals surface area contributed by atoms with Gasteiger partial charge >= 0.3 is 0 Å². The summed E-state index contributed by atoms with van der Waals surface area (Å²) in [5.41, 5.74) is 3.24. The first-order valence-electron chi connectivity index (χ1n) is 8.53. The molecule has 0 unspecified atom stereocenters. The Morgan fingerprint density at radius 2 is 2.07 bits per heavy atom. The van der Waals surface area contributed by atoms with E-state index in [-0.39, 0.29) is 11.6 Å². The zero-order valence-corrected chi connectivity index (χ0v) is 15.7. The Labute approximate surface area is 160 Å². The number of pyridine rings is 2. The van der Waals surface area contributed by atoms with Gasteiger partial charge in [-0.2, -0.15) is 0 Å². The third-order valence-electron chi connectivity index (χ3n) is 4.54. The fourth-order valence-electron chi connectivity index (χ4n) is 3.12. The minimum atomic E-state index is -0.230. The maximum absolute atomic E-state index is 12.5. The maximum atomic E-state index is 12.5. The predicted octanol–water partition coefficient (Wildman–Crippen LogP) is 4.15. The van der Waals surface area contributed by atoms with E-state index in [0.717, 1.165) is 22.2 Å². The van der Waals surface area contributed by atoms with Gasteiger partial charge in [-0.25, -0.2) is 9.97 Å². The first kappa shape index (κ1) is 17.3. The van der Waals surface area contributed by atoms with Crippen LogP contribution in [0.15, 0.2) is 59.9 Å². The zero-order valence-electron chi connectivity index (χ0n) is 14.9. The number of aromatic nitrogens is 4. The molecular weight excluding hydrogens is 362 g/mol. The SMILES string of the molecule is C[C@H](Nc1cc(-c2cncn2C)ccn1)c1cc2cc(Cl)ccc2[nH]c1=O. The van der Waals surface area contributed by atoms with E-state index in [1.165, 1.54) is 0 Å². The van der Waals surface area contributed by atoms with Crippen molar-refractivity contribution in [3.63, 3.8) is 0 Å². The summed E-state index contributed by atoms with van der Waals surface area (Å²) in [7, 11) is 1.94. The summed E-state index contributed by atoms with van der Waals surface area (Å²) in [4.78, 5) is 23.9. The van der Waals surface area contributed by atoms with Crippen LogP contribution in [0.1, 0.15) is 18.5 Å². The molecule has 0 radical (unpaired) electrons. The van der Waals surface area contributed by atoms with Crippen molar-refractivity contribution < 1.29 is 0 Å². The number of H-pyrrole nitrogens is 1. The number of hydrogen-bond acceptors (Lipinski definition) is 4. The van der Waals surface area contributed by atoms with Crippen molar-refractivity contribution in [2.45, 2.75) is 13.0 Å². The molecule has 0 saturated heterocycles. The van der Waals surface area contributed by atoms with E-state index in [2.05, 4.69) is 20.3 Å². The highest BCUT2D eigenvalue weighted by atomic mass is 35.5.